The number of carbonyl (C=O) groups excluding carboxylic acids is 5. The Morgan fingerprint density at radius 1 is 0.660 bits per heavy atom. The quantitative estimate of drug-likeness (QED) is 0.0299. The second-order valence-electron chi connectivity index (χ2n) is 12.7. The molecule has 0 aromatic heterocycles. The molecule has 53 heavy (non-hydrogen) atoms. The SMILES string of the molecule is O=C(COC(=O)c1cccc(N2C(=O)C3C(C2=O)C2(Br)c4ccccc4C3(Br)c3ccccc32)c1)c1ccc(OC(=O)c2ccc([N+](=O)[O-])cc2)cc1. The van der Waals surface area contributed by atoms with Gasteiger partial charge in [-0.15, -0.1) is 0 Å². The molecule has 1 heterocycles. The summed E-state index contributed by atoms with van der Waals surface area (Å²) < 4.78 is 8.68. The lowest BCUT2D eigenvalue weighted by Crippen LogP contribution is -2.56. The zero-order chi connectivity index (χ0) is 37.2. The molecular weight excluding hydrogens is 812 g/mol. The number of alkyl halides is 2. The molecule has 3 aliphatic carbocycles. The molecule has 262 valence electrons. The Hall–Kier alpha value is -5.79. The van der Waals surface area contributed by atoms with Crippen LogP contribution in [0.2, 0.25) is 0 Å². The molecule has 5 aromatic rings. The van der Waals surface area contributed by atoms with Gasteiger partial charge in [0.2, 0.25) is 11.8 Å². The zero-order valence-electron chi connectivity index (χ0n) is 27.2. The standard InChI is InChI=1S/C40H24Br2N2O9/c41-39-28-8-1-2-9-29(28)40(42,31-11-4-3-10-30(31)39)34-33(39)35(46)43(36(34)47)26-7-5-6-24(20-26)37(48)52-21-32(45)22-14-18-27(19-15-22)53-38(49)23-12-16-25(17-13-23)44(50)51/h1-20,33-34H,21H2. The van der Waals surface area contributed by atoms with Crippen molar-refractivity contribution in [2.24, 2.45) is 11.8 Å². The third-order valence-corrected chi connectivity index (χ3v) is 12.7. The number of amides is 2. The molecule has 11 nitrogen and oxygen atoms in total. The van der Waals surface area contributed by atoms with Crippen molar-refractivity contribution in [3.05, 3.63) is 170 Å². The van der Waals surface area contributed by atoms with Crippen LogP contribution in [-0.4, -0.2) is 41.1 Å². The first-order valence-corrected chi connectivity index (χ1v) is 17.9. The van der Waals surface area contributed by atoms with Crippen LogP contribution in [0.15, 0.2) is 121 Å². The molecule has 0 saturated carbocycles. The van der Waals surface area contributed by atoms with Gasteiger partial charge in [0.25, 0.3) is 5.69 Å². The van der Waals surface area contributed by atoms with Crippen LogP contribution in [0.5, 0.6) is 5.75 Å². The molecule has 5 aromatic carbocycles. The van der Waals surface area contributed by atoms with Crippen molar-refractivity contribution in [2.75, 3.05) is 11.5 Å². The van der Waals surface area contributed by atoms with E-state index in [1.807, 2.05) is 48.5 Å². The van der Waals surface area contributed by atoms with Gasteiger partial charge >= 0.3 is 11.9 Å². The summed E-state index contributed by atoms with van der Waals surface area (Å²) in [5.41, 5.74) is 3.97. The molecule has 4 aliphatic rings. The van der Waals surface area contributed by atoms with Crippen LogP contribution in [0, 0.1) is 22.0 Å². The Kier molecular flexibility index (Phi) is 8.23. The molecule has 1 aliphatic heterocycles. The number of anilines is 1. The van der Waals surface area contributed by atoms with E-state index in [0.29, 0.717) is 0 Å². The van der Waals surface area contributed by atoms with Crippen LogP contribution in [0.4, 0.5) is 11.4 Å². The summed E-state index contributed by atoms with van der Waals surface area (Å²) in [6.45, 7) is -0.606. The van der Waals surface area contributed by atoms with Crippen molar-refractivity contribution in [1.29, 1.82) is 0 Å². The molecule has 9 rings (SSSR count). The number of nitro groups is 1. The van der Waals surface area contributed by atoms with Crippen LogP contribution < -0.4 is 9.64 Å². The Morgan fingerprint density at radius 2 is 1.17 bits per heavy atom. The Labute approximate surface area is 317 Å². The van der Waals surface area contributed by atoms with Crippen LogP contribution in [0.3, 0.4) is 0 Å². The minimum absolute atomic E-state index is 0.0379. The third-order valence-electron chi connectivity index (χ3n) is 9.96. The summed E-state index contributed by atoms with van der Waals surface area (Å²) >= 11 is 7.97. The van der Waals surface area contributed by atoms with E-state index in [1.165, 1.54) is 60.7 Å². The lowest BCUT2D eigenvalue weighted by Gasteiger charge is -2.55. The Bertz CT molecular complexity index is 2290. The predicted molar refractivity (Wildman–Crippen MR) is 197 cm³/mol. The minimum atomic E-state index is -0.966. The number of imide groups is 1. The number of nitro benzene ring substituents is 1. The zero-order valence-corrected chi connectivity index (χ0v) is 30.4. The van der Waals surface area contributed by atoms with Gasteiger partial charge in [0.15, 0.2) is 12.4 Å². The highest BCUT2D eigenvalue weighted by molar-refractivity contribution is 9.10. The fraction of sp³-hybridized carbons (Fsp3) is 0.125. The first kappa shape index (κ1) is 34.3. The lowest BCUT2D eigenvalue weighted by molar-refractivity contribution is -0.384. The van der Waals surface area contributed by atoms with Crippen molar-refractivity contribution in [3.63, 3.8) is 0 Å². The number of hydrogen-bond acceptors (Lipinski definition) is 9. The average molecular weight is 836 g/mol. The highest BCUT2D eigenvalue weighted by Gasteiger charge is 2.72. The number of hydrogen-bond donors (Lipinski definition) is 0. The largest absolute Gasteiger partial charge is 0.454 e. The van der Waals surface area contributed by atoms with E-state index >= 15 is 0 Å². The molecule has 13 heteroatoms. The predicted octanol–water partition coefficient (Wildman–Crippen LogP) is 7.26. The van der Waals surface area contributed by atoms with E-state index in [4.69, 9.17) is 9.47 Å². The molecule has 0 N–H and O–H groups in total. The van der Waals surface area contributed by atoms with Crippen molar-refractivity contribution >= 4 is 72.8 Å². The van der Waals surface area contributed by atoms with E-state index in [1.54, 1.807) is 12.1 Å². The second kappa shape index (κ2) is 12.7. The van der Waals surface area contributed by atoms with E-state index in [0.717, 1.165) is 27.2 Å². The molecule has 2 atom stereocenters. The van der Waals surface area contributed by atoms with Crippen molar-refractivity contribution in [1.82, 2.24) is 0 Å². The highest BCUT2D eigenvalue weighted by Crippen LogP contribution is 2.70. The third kappa shape index (κ3) is 5.25. The van der Waals surface area contributed by atoms with Crippen LogP contribution in [-0.2, 0) is 23.0 Å². The van der Waals surface area contributed by atoms with Crippen molar-refractivity contribution in [3.8, 4) is 5.75 Å². The van der Waals surface area contributed by atoms with Crippen molar-refractivity contribution in [2.45, 2.75) is 8.65 Å². The first-order chi connectivity index (χ1) is 25.4. The number of benzene rings is 5. The molecule has 1 fully saturated rings. The summed E-state index contributed by atoms with van der Waals surface area (Å²) in [5.74, 6) is -4.38. The summed E-state index contributed by atoms with van der Waals surface area (Å²) in [6.07, 6.45) is 0. The minimum Gasteiger partial charge on any atom is -0.454 e. The molecule has 0 spiro atoms. The maximum Gasteiger partial charge on any atom is 0.343 e. The maximum absolute atomic E-state index is 14.4. The van der Waals surface area contributed by atoms with Gasteiger partial charge in [-0.05, 0) is 76.9 Å². The number of ether oxygens (including phenoxy) is 2. The number of Topliss-reactive ketones (excluding diaryl/α,β-unsaturated/α-hetero) is 1. The second-order valence-corrected chi connectivity index (χ2v) is 15.3. The number of halogens is 2. The molecular formula is C40H24Br2N2O9. The molecule has 1 saturated heterocycles. The van der Waals surface area contributed by atoms with Gasteiger partial charge in [-0.3, -0.25) is 24.5 Å². The molecule has 2 amide bonds. The van der Waals surface area contributed by atoms with Gasteiger partial charge in [-0.25, -0.2) is 14.5 Å². The average Bonchev–Trinajstić information content (AvgIpc) is 3.46. The molecule has 0 radical (unpaired) electrons. The highest BCUT2D eigenvalue weighted by atomic mass is 79.9. The number of ketones is 1. The van der Waals surface area contributed by atoms with Gasteiger partial charge in [0.05, 0.1) is 42.2 Å². The number of esters is 2. The Morgan fingerprint density at radius 3 is 1.68 bits per heavy atom. The fourth-order valence-electron chi connectivity index (χ4n) is 7.59. The van der Waals surface area contributed by atoms with Gasteiger partial charge < -0.3 is 9.47 Å². The normalized spacial score (nSPS) is 22.0. The number of non-ortho nitro benzene ring substituents is 1. The maximum atomic E-state index is 14.4. The Balaban J connectivity index is 0.968. The summed E-state index contributed by atoms with van der Waals surface area (Å²) in [6, 6.07) is 32.0. The summed E-state index contributed by atoms with van der Waals surface area (Å²) in [7, 11) is 0. The van der Waals surface area contributed by atoms with Crippen LogP contribution in [0.25, 0.3) is 0 Å². The van der Waals surface area contributed by atoms with Gasteiger partial charge in [-0.2, -0.15) is 0 Å². The molecule has 2 bridgehead atoms. The van der Waals surface area contributed by atoms with E-state index in [2.05, 4.69) is 31.9 Å². The number of carbonyl (C=O) groups is 5. The van der Waals surface area contributed by atoms with Gasteiger partial charge in [0, 0.05) is 17.7 Å². The van der Waals surface area contributed by atoms with Crippen LogP contribution >= 0.6 is 31.9 Å². The number of rotatable bonds is 8. The van der Waals surface area contributed by atoms with Crippen molar-refractivity contribution < 1.29 is 38.4 Å². The lowest BCUT2D eigenvalue weighted by atomic mass is 9.54. The summed E-state index contributed by atoms with van der Waals surface area (Å²) in [5, 5.41) is 10.8. The molecule has 2 unspecified atom stereocenters. The monoisotopic (exact) mass is 834 g/mol. The van der Waals surface area contributed by atoms with Gasteiger partial charge in [0.1, 0.15) is 5.75 Å². The number of nitrogens with zero attached hydrogens (tertiary/aromatic N) is 2. The van der Waals surface area contributed by atoms with E-state index in [9.17, 15) is 34.1 Å². The van der Waals surface area contributed by atoms with Gasteiger partial charge in [-0.1, -0.05) is 86.5 Å². The fourth-order valence-corrected chi connectivity index (χ4v) is 9.89. The van der Waals surface area contributed by atoms with Crippen LogP contribution in [0.1, 0.15) is 53.3 Å². The first-order valence-electron chi connectivity index (χ1n) is 16.3. The van der Waals surface area contributed by atoms with E-state index < -0.39 is 61.6 Å². The summed E-state index contributed by atoms with van der Waals surface area (Å²) in [4.78, 5) is 78.7. The topological polar surface area (TPSA) is 150 Å². The smallest absolute Gasteiger partial charge is 0.343 e. The van der Waals surface area contributed by atoms with E-state index in [-0.39, 0.29) is 33.8 Å².